The van der Waals surface area contributed by atoms with Gasteiger partial charge in [0.2, 0.25) is 5.91 Å². The van der Waals surface area contributed by atoms with Gasteiger partial charge in [0.15, 0.2) is 0 Å². The van der Waals surface area contributed by atoms with Crippen molar-refractivity contribution >= 4 is 24.6 Å². The molecule has 0 saturated heterocycles. The van der Waals surface area contributed by atoms with E-state index in [0.717, 1.165) is 10.5 Å². The standard InChI is InChI=1S/C13H15NOS/c1-14(2)13(15)6-4-3-5-11-7-9-12(16)10-8-11/h3-10,16H,1-2H3/b5-3+,6-4+. The van der Waals surface area contributed by atoms with Crippen molar-refractivity contribution in [3.63, 3.8) is 0 Å². The van der Waals surface area contributed by atoms with Crippen molar-refractivity contribution in [2.24, 2.45) is 0 Å². The summed E-state index contributed by atoms with van der Waals surface area (Å²) in [6, 6.07) is 7.80. The van der Waals surface area contributed by atoms with Crippen molar-refractivity contribution in [3.05, 3.63) is 48.1 Å². The number of hydrogen-bond donors (Lipinski definition) is 1. The van der Waals surface area contributed by atoms with E-state index in [-0.39, 0.29) is 5.91 Å². The zero-order valence-electron chi connectivity index (χ0n) is 9.42. The van der Waals surface area contributed by atoms with Crippen LogP contribution in [0, 0.1) is 0 Å². The Kier molecular flexibility index (Phi) is 4.86. The van der Waals surface area contributed by atoms with E-state index in [1.807, 2.05) is 36.4 Å². The summed E-state index contributed by atoms with van der Waals surface area (Å²) in [5.74, 6) is -0.0182. The van der Waals surface area contributed by atoms with E-state index in [0.29, 0.717) is 0 Å². The first-order valence-electron chi connectivity index (χ1n) is 4.94. The van der Waals surface area contributed by atoms with Crippen LogP contribution in [0.4, 0.5) is 0 Å². The summed E-state index contributed by atoms with van der Waals surface area (Å²) in [5, 5.41) is 0. The third-order valence-corrected chi connectivity index (χ3v) is 2.27. The Bertz CT molecular complexity index is 404. The fourth-order valence-electron chi connectivity index (χ4n) is 1.04. The second-order valence-electron chi connectivity index (χ2n) is 3.54. The van der Waals surface area contributed by atoms with Crippen LogP contribution < -0.4 is 0 Å². The minimum Gasteiger partial charge on any atom is -0.345 e. The minimum absolute atomic E-state index is 0.0182. The SMILES string of the molecule is CN(C)C(=O)/C=C/C=C/c1ccc(S)cc1. The van der Waals surface area contributed by atoms with Crippen LogP contribution in [0.3, 0.4) is 0 Å². The zero-order valence-corrected chi connectivity index (χ0v) is 10.3. The van der Waals surface area contributed by atoms with Gasteiger partial charge < -0.3 is 4.90 Å². The Morgan fingerprint density at radius 3 is 2.38 bits per heavy atom. The fourth-order valence-corrected chi connectivity index (χ4v) is 1.19. The van der Waals surface area contributed by atoms with Crippen LogP contribution in [-0.2, 0) is 4.79 Å². The van der Waals surface area contributed by atoms with Gasteiger partial charge in [-0.2, -0.15) is 0 Å². The predicted molar refractivity (Wildman–Crippen MR) is 70.6 cm³/mol. The quantitative estimate of drug-likeness (QED) is 0.483. The summed E-state index contributed by atoms with van der Waals surface area (Å²) in [6.07, 6.45) is 7.04. The van der Waals surface area contributed by atoms with E-state index >= 15 is 0 Å². The van der Waals surface area contributed by atoms with E-state index in [1.165, 1.54) is 11.0 Å². The summed E-state index contributed by atoms with van der Waals surface area (Å²) in [7, 11) is 3.45. The maximum atomic E-state index is 11.2. The molecule has 0 radical (unpaired) electrons. The smallest absolute Gasteiger partial charge is 0.246 e. The van der Waals surface area contributed by atoms with Crippen molar-refractivity contribution in [3.8, 4) is 0 Å². The number of carbonyl (C=O) groups excluding carboxylic acids is 1. The molecule has 0 N–H and O–H groups in total. The van der Waals surface area contributed by atoms with Crippen LogP contribution in [0.2, 0.25) is 0 Å². The van der Waals surface area contributed by atoms with Gasteiger partial charge in [0.25, 0.3) is 0 Å². The molecule has 3 heteroatoms. The maximum Gasteiger partial charge on any atom is 0.246 e. The molecule has 0 aromatic heterocycles. The van der Waals surface area contributed by atoms with Gasteiger partial charge in [-0.25, -0.2) is 0 Å². The Balaban J connectivity index is 2.55. The first-order chi connectivity index (χ1) is 7.59. The number of amides is 1. The van der Waals surface area contributed by atoms with Gasteiger partial charge in [0, 0.05) is 25.1 Å². The van der Waals surface area contributed by atoms with Crippen LogP contribution >= 0.6 is 12.6 Å². The molecule has 0 spiro atoms. The lowest BCUT2D eigenvalue weighted by atomic mass is 10.2. The molecule has 0 atom stereocenters. The number of thiol groups is 1. The largest absolute Gasteiger partial charge is 0.345 e. The van der Waals surface area contributed by atoms with Crippen LogP contribution in [-0.4, -0.2) is 24.9 Å². The lowest BCUT2D eigenvalue weighted by Crippen LogP contribution is -2.18. The van der Waals surface area contributed by atoms with Crippen LogP contribution in [0.25, 0.3) is 6.08 Å². The summed E-state index contributed by atoms with van der Waals surface area (Å²) >= 11 is 4.20. The van der Waals surface area contributed by atoms with E-state index in [1.54, 1.807) is 20.2 Å². The van der Waals surface area contributed by atoms with E-state index in [9.17, 15) is 4.79 Å². The highest BCUT2D eigenvalue weighted by Gasteiger charge is 1.94. The summed E-state index contributed by atoms with van der Waals surface area (Å²) in [5.41, 5.74) is 1.08. The second-order valence-corrected chi connectivity index (χ2v) is 4.06. The highest BCUT2D eigenvalue weighted by atomic mass is 32.1. The Labute approximate surface area is 102 Å². The van der Waals surface area contributed by atoms with E-state index < -0.39 is 0 Å². The number of hydrogen-bond acceptors (Lipinski definition) is 2. The van der Waals surface area contributed by atoms with Gasteiger partial charge in [0.1, 0.15) is 0 Å². The molecule has 16 heavy (non-hydrogen) atoms. The maximum absolute atomic E-state index is 11.2. The summed E-state index contributed by atoms with van der Waals surface area (Å²) < 4.78 is 0. The molecule has 0 heterocycles. The minimum atomic E-state index is -0.0182. The third kappa shape index (κ3) is 4.36. The molecule has 0 unspecified atom stereocenters. The molecule has 0 aliphatic rings. The van der Waals surface area contributed by atoms with Gasteiger partial charge in [-0.05, 0) is 17.7 Å². The first-order valence-corrected chi connectivity index (χ1v) is 5.39. The highest BCUT2D eigenvalue weighted by molar-refractivity contribution is 7.80. The average molecular weight is 233 g/mol. The molecule has 1 aromatic rings. The Morgan fingerprint density at radius 2 is 1.81 bits per heavy atom. The van der Waals surface area contributed by atoms with Crippen molar-refractivity contribution in [2.45, 2.75) is 4.90 Å². The predicted octanol–water partition coefficient (Wildman–Crippen LogP) is 2.63. The average Bonchev–Trinajstić information content (AvgIpc) is 2.26. The number of likely N-dealkylation sites (N-methyl/N-ethyl adjacent to an activating group) is 1. The molecular weight excluding hydrogens is 218 g/mol. The van der Waals surface area contributed by atoms with Crippen molar-refractivity contribution in [1.29, 1.82) is 0 Å². The van der Waals surface area contributed by atoms with Gasteiger partial charge in [-0.15, -0.1) is 12.6 Å². The van der Waals surface area contributed by atoms with Gasteiger partial charge in [-0.1, -0.05) is 30.4 Å². The monoisotopic (exact) mass is 233 g/mol. The molecule has 2 nitrogen and oxygen atoms in total. The first kappa shape index (κ1) is 12.6. The lowest BCUT2D eigenvalue weighted by Gasteiger charge is -2.04. The molecular formula is C13H15NOS. The Morgan fingerprint density at radius 1 is 1.19 bits per heavy atom. The summed E-state index contributed by atoms with van der Waals surface area (Å²) in [6.45, 7) is 0. The fraction of sp³-hybridized carbons (Fsp3) is 0.154. The summed E-state index contributed by atoms with van der Waals surface area (Å²) in [4.78, 5) is 13.7. The molecule has 84 valence electrons. The number of rotatable bonds is 3. The van der Waals surface area contributed by atoms with Crippen LogP contribution in [0.5, 0.6) is 0 Å². The Hall–Kier alpha value is -1.48. The van der Waals surface area contributed by atoms with E-state index in [2.05, 4.69) is 12.6 Å². The van der Waals surface area contributed by atoms with Crippen molar-refractivity contribution in [2.75, 3.05) is 14.1 Å². The van der Waals surface area contributed by atoms with Crippen LogP contribution in [0.15, 0.2) is 47.4 Å². The number of allylic oxidation sites excluding steroid dienone is 2. The van der Waals surface area contributed by atoms with Gasteiger partial charge in [-0.3, -0.25) is 4.79 Å². The second kappa shape index (κ2) is 6.18. The molecule has 0 fully saturated rings. The molecule has 0 aliphatic heterocycles. The molecule has 1 aromatic carbocycles. The molecule has 0 bridgehead atoms. The third-order valence-electron chi connectivity index (χ3n) is 1.97. The zero-order chi connectivity index (χ0) is 12.0. The van der Waals surface area contributed by atoms with Crippen molar-refractivity contribution in [1.82, 2.24) is 4.90 Å². The van der Waals surface area contributed by atoms with Gasteiger partial charge >= 0.3 is 0 Å². The molecule has 1 rings (SSSR count). The van der Waals surface area contributed by atoms with Crippen LogP contribution in [0.1, 0.15) is 5.56 Å². The topological polar surface area (TPSA) is 20.3 Å². The number of benzene rings is 1. The number of nitrogens with zero attached hydrogens (tertiary/aromatic N) is 1. The van der Waals surface area contributed by atoms with Gasteiger partial charge in [0.05, 0.1) is 0 Å². The molecule has 0 aliphatic carbocycles. The number of carbonyl (C=O) groups is 1. The van der Waals surface area contributed by atoms with E-state index in [4.69, 9.17) is 0 Å². The van der Waals surface area contributed by atoms with Crippen molar-refractivity contribution < 1.29 is 4.79 Å². The lowest BCUT2D eigenvalue weighted by molar-refractivity contribution is -0.123. The highest BCUT2D eigenvalue weighted by Crippen LogP contribution is 2.08. The molecule has 1 amide bonds. The molecule has 0 saturated carbocycles. The normalized spacial score (nSPS) is 11.2.